The van der Waals surface area contributed by atoms with Crippen molar-refractivity contribution in [1.82, 2.24) is 0 Å². The summed E-state index contributed by atoms with van der Waals surface area (Å²) in [5.74, 6) is -1.92. The number of nitrogens with one attached hydrogen (secondary N) is 1. The second kappa shape index (κ2) is 6.58. The lowest BCUT2D eigenvalue weighted by Crippen LogP contribution is -2.16. The molecule has 0 saturated heterocycles. The molecule has 0 radical (unpaired) electrons. The summed E-state index contributed by atoms with van der Waals surface area (Å²) in [6.45, 7) is 1.66. The maximum Gasteiger partial charge on any atom is 0.338 e. The lowest BCUT2D eigenvalue weighted by molar-refractivity contribution is 0.0599. The van der Waals surface area contributed by atoms with Crippen molar-refractivity contribution < 1.29 is 18.7 Å². The summed E-state index contributed by atoms with van der Waals surface area (Å²) in [7, 11) is 1.27. The van der Waals surface area contributed by atoms with Gasteiger partial charge >= 0.3 is 5.97 Å². The van der Waals surface area contributed by atoms with E-state index in [2.05, 4.69) is 10.1 Å². The number of methoxy groups -OCH3 is 1. The SMILES string of the molecule is COC(=O)c1cccc(NC(=O)c2c(F)cccc2Cl)c1C. The van der Waals surface area contributed by atoms with Crippen LogP contribution < -0.4 is 5.32 Å². The van der Waals surface area contributed by atoms with Gasteiger partial charge in [-0.15, -0.1) is 0 Å². The summed E-state index contributed by atoms with van der Waals surface area (Å²) < 4.78 is 18.4. The Morgan fingerprint density at radius 2 is 1.86 bits per heavy atom. The monoisotopic (exact) mass is 321 g/mol. The van der Waals surface area contributed by atoms with Crippen molar-refractivity contribution in [3.8, 4) is 0 Å². The van der Waals surface area contributed by atoms with Crippen LogP contribution in [0.2, 0.25) is 5.02 Å². The highest BCUT2D eigenvalue weighted by molar-refractivity contribution is 6.34. The molecule has 114 valence electrons. The smallest absolute Gasteiger partial charge is 0.338 e. The number of rotatable bonds is 3. The van der Waals surface area contributed by atoms with Crippen molar-refractivity contribution in [3.63, 3.8) is 0 Å². The fraction of sp³-hybridized carbons (Fsp3) is 0.125. The Morgan fingerprint density at radius 1 is 1.18 bits per heavy atom. The molecule has 1 N–H and O–H groups in total. The number of carbonyl (C=O) groups excluding carboxylic acids is 2. The fourth-order valence-corrected chi connectivity index (χ4v) is 2.25. The van der Waals surface area contributed by atoms with Gasteiger partial charge in [-0.2, -0.15) is 0 Å². The summed E-state index contributed by atoms with van der Waals surface area (Å²) in [6, 6.07) is 8.77. The van der Waals surface area contributed by atoms with E-state index >= 15 is 0 Å². The molecular weight excluding hydrogens is 309 g/mol. The Balaban J connectivity index is 2.35. The Kier molecular flexibility index (Phi) is 4.78. The molecule has 0 heterocycles. The molecular formula is C16H13ClFNO3. The number of anilines is 1. The molecule has 2 aromatic carbocycles. The number of ether oxygens (including phenoxy) is 1. The van der Waals surface area contributed by atoms with E-state index in [0.29, 0.717) is 16.8 Å². The summed E-state index contributed by atoms with van der Waals surface area (Å²) >= 11 is 5.86. The number of hydrogen-bond donors (Lipinski definition) is 1. The molecule has 0 aliphatic carbocycles. The zero-order valence-electron chi connectivity index (χ0n) is 11.9. The number of benzene rings is 2. The zero-order chi connectivity index (χ0) is 16.3. The first kappa shape index (κ1) is 16.0. The van der Waals surface area contributed by atoms with Crippen LogP contribution >= 0.6 is 11.6 Å². The van der Waals surface area contributed by atoms with Gasteiger partial charge in [-0.3, -0.25) is 4.79 Å². The molecule has 0 unspecified atom stereocenters. The number of halogens is 2. The highest BCUT2D eigenvalue weighted by atomic mass is 35.5. The number of carbonyl (C=O) groups is 2. The molecule has 6 heteroatoms. The highest BCUT2D eigenvalue weighted by Crippen LogP contribution is 2.23. The van der Waals surface area contributed by atoms with Crippen LogP contribution in [0.15, 0.2) is 36.4 Å². The number of hydrogen-bond acceptors (Lipinski definition) is 3. The van der Waals surface area contributed by atoms with Crippen molar-refractivity contribution in [2.45, 2.75) is 6.92 Å². The van der Waals surface area contributed by atoms with Gasteiger partial charge in [0.05, 0.1) is 23.3 Å². The van der Waals surface area contributed by atoms with Crippen LogP contribution in [-0.2, 0) is 4.74 Å². The molecule has 22 heavy (non-hydrogen) atoms. The summed E-state index contributed by atoms with van der Waals surface area (Å²) in [6.07, 6.45) is 0. The lowest BCUT2D eigenvalue weighted by Gasteiger charge is -2.12. The van der Waals surface area contributed by atoms with E-state index < -0.39 is 17.7 Å². The zero-order valence-corrected chi connectivity index (χ0v) is 12.7. The van der Waals surface area contributed by atoms with E-state index in [0.717, 1.165) is 6.07 Å². The van der Waals surface area contributed by atoms with E-state index in [1.54, 1.807) is 25.1 Å². The Labute approximate surface area is 131 Å². The molecule has 0 aliphatic heterocycles. The molecule has 0 spiro atoms. The topological polar surface area (TPSA) is 55.4 Å². The average molecular weight is 322 g/mol. The van der Waals surface area contributed by atoms with E-state index in [-0.39, 0.29) is 10.6 Å². The Bertz CT molecular complexity index is 726. The van der Waals surface area contributed by atoms with Gasteiger partial charge < -0.3 is 10.1 Å². The largest absolute Gasteiger partial charge is 0.465 e. The maximum absolute atomic E-state index is 13.7. The molecule has 0 bridgehead atoms. The minimum Gasteiger partial charge on any atom is -0.465 e. The van der Waals surface area contributed by atoms with Crippen LogP contribution in [0.25, 0.3) is 0 Å². The third kappa shape index (κ3) is 3.09. The molecule has 2 aromatic rings. The van der Waals surface area contributed by atoms with Gasteiger partial charge in [0.15, 0.2) is 0 Å². The van der Waals surface area contributed by atoms with Gasteiger partial charge in [-0.05, 0) is 36.8 Å². The van der Waals surface area contributed by atoms with Gasteiger partial charge in [-0.1, -0.05) is 23.7 Å². The van der Waals surface area contributed by atoms with Crippen molar-refractivity contribution in [2.75, 3.05) is 12.4 Å². The van der Waals surface area contributed by atoms with Crippen LogP contribution in [0.3, 0.4) is 0 Å². The summed E-state index contributed by atoms with van der Waals surface area (Å²) in [4.78, 5) is 23.8. The van der Waals surface area contributed by atoms with Crippen LogP contribution in [0, 0.1) is 12.7 Å². The van der Waals surface area contributed by atoms with E-state index in [9.17, 15) is 14.0 Å². The molecule has 0 fully saturated rings. The van der Waals surface area contributed by atoms with Crippen molar-refractivity contribution in [3.05, 3.63) is 63.9 Å². The third-order valence-electron chi connectivity index (χ3n) is 3.18. The number of esters is 1. The van der Waals surface area contributed by atoms with Gasteiger partial charge in [0.2, 0.25) is 0 Å². The van der Waals surface area contributed by atoms with Gasteiger partial charge in [0, 0.05) is 5.69 Å². The van der Waals surface area contributed by atoms with Crippen LogP contribution in [0.5, 0.6) is 0 Å². The molecule has 0 saturated carbocycles. The molecule has 0 aromatic heterocycles. The van der Waals surface area contributed by atoms with Crippen LogP contribution in [0.1, 0.15) is 26.3 Å². The quantitative estimate of drug-likeness (QED) is 0.874. The normalized spacial score (nSPS) is 10.2. The predicted octanol–water partition coefficient (Wildman–Crippen LogP) is 3.83. The predicted molar refractivity (Wildman–Crippen MR) is 81.9 cm³/mol. The second-order valence-corrected chi connectivity index (χ2v) is 4.93. The molecule has 2 rings (SSSR count). The first-order chi connectivity index (χ1) is 10.5. The van der Waals surface area contributed by atoms with Gasteiger partial charge in [0.1, 0.15) is 5.82 Å². The fourth-order valence-electron chi connectivity index (χ4n) is 2.00. The average Bonchev–Trinajstić information content (AvgIpc) is 2.48. The lowest BCUT2D eigenvalue weighted by atomic mass is 10.1. The van der Waals surface area contributed by atoms with Crippen molar-refractivity contribution in [2.24, 2.45) is 0 Å². The molecule has 0 atom stereocenters. The van der Waals surface area contributed by atoms with Gasteiger partial charge in [-0.25, -0.2) is 9.18 Å². The van der Waals surface area contributed by atoms with E-state index in [4.69, 9.17) is 11.6 Å². The van der Waals surface area contributed by atoms with Crippen molar-refractivity contribution >= 4 is 29.2 Å². The summed E-state index contributed by atoms with van der Waals surface area (Å²) in [5, 5.41) is 2.57. The van der Waals surface area contributed by atoms with Gasteiger partial charge in [0.25, 0.3) is 5.91 Å². The van der Waals surface area contributed by atoms with Crippen LogP contribution in [-0.4, -0.2) is 19.0 Å². The third-order valence-corrected chi connectivity index (χ3v) is 3.49. The second-order valence-electron chi connectivity index (χ2n) is 4.52. The minimum absolute atomic E-state index is 0.0132. The Morgan fingerprint density at radius 3 is 2.50 bits per heavy atom. The minimum atomic E-state index is -0.716. The number of amides is 1. The first-order valence-corrected chi connectivity index (χ1v) is 6.76. The first-order valence-electron chi connectivity index (χ1n) is 6.39. The summed E-state index contributed by atoms with van der Waals surface area (Å²) in [5.41, 5.74) is 0.981. The maximum atomic E-state index is 13.7. The Hall–Kier alpha value is -2.40. The van der Waals surface area contributed by atoms with E-state index in [1.807, 2.05) is 0 Å². The van der Waals surface area contributed by atoms with E-state index in [1.165, 1.54) is 19.2 Å². The highest BCUT2D eigenvalue weighted by Gasteiger charge is 2.18. The molecule has 0 aliphatic rings. The molecule has 4 nitrogen and oxygen atoms in total. The standard InChI is InChI=1S/C16H13ClFNO3/c1-9-10(16(21)22-2)5-3-8-13(9)19-15(20)14-11(17)6-4-7-12(14)18/h3-8H,1-2H3,(H,19,20). The van der Waals surface area contributed by atoms with Crippen LogP contribution in [0.4, 0.5) is 10.1 Å². The molecule has 1 amide bonds. The van der Waals surface area contributed by atoms with Crippen molar-refractivity contribution in [1.29, 1.82) is 0 Å².